The number of nitrogens with one attached hydrogen (secondary N) is 2. The maximum atomic E-state index is 11.9. The summed E-state index contributed by atoms with van der Waals surface area (Å²) < 4.78 is 35.8. The van der Waals surface area contributed by atoms with Crippen LogP contribution in [0.5, 0.6) is 0 Å². The molecule has 1 aliphatic heterocycles. The van der Waals surface area contributed by atoms with Gasteiger partial charge in [0.05, 0.1) is 0 Å². The number of carbonyl (C=O) groups is 1. The number of amides is 1. The van der Waals surface area contributed by atoms with E-state index in [-0.39, 0.29) is 18.7 Å². The van der Waals surface area contributed by atoms with Crippen molar-refractivity contribution in [1.29, 1.82) is 0 Å². The molecule has 2 N–H and O–H groups in total. The molecule has 0 aliphatic carbocycles. The summed E-state index contributed by atoms with van der Waals surface area (Å²) >= 11 is 0. The van der Waals surface area contributed by atoms with Crippen molar-refractivity contribution in [2.24, 2.45) is 4.99 Å². The Morgan fingerprint density at radius 3 is 2.50 bits per heavy atom. The van der Waals surface area contributed by atoms with Gasteiger partial charge in [-0.25, -0.2) is 0 Å². The molecule has 7 heteroatoms. The molecule has 1 fully saturated rings. The number of hydrogen-bond donors (Lipinski definition) is 2. The predicted molar refractivity (Wildman–Crippen MR) is 52.9 cm³/mol. The zero-order chi connectivity index (χ0) is 12.4. The molecule has 1 amide bonds. The van der Waals surface area contributed by atoms with Gasteiger partial charge >= 0.3 is 6.18 Å². The van der Waals surface area contributed by atoms with Gasteiger partial charge in [0, 0.05) is 13.5 Å². The second kappa shape index (κ2) is 4.31. The van der Waals surface area contributed by atoms with Gasteiger partial charge in [-0.15, -0.1) is 0 Å². The normalized spacial score (nSPS) is 28.1. The summed E-state index contributed by atoms with van der Waals surface area (Å²) in [5.74, 6) is -0.0326. The first kappa shape index (κ1) is 12.8. The van der Waals surface area contributed by atoms with E-state index in [9.17, 15) is 18.0 Å². The molecule has 0 radical (unpaired) electrons. The lowest BCUT2D eigenvalue weighted by molar-refractivity contribution is -0.137. The van der Waals surface area contributed by atoms with E-state index in [1.165, 1.54) is 7.05 Å². The van der Waals surface area contributed by atoms with E-state index in [0.29, 0.717) is 5.96 Å². The van der Waals surface area contributed by atoms with Crippen molar-refractivity contribution in [1.82, 2.24) is 10.6 Å². The third-order valence-corrected chi connectivity index (χ3v) is 2.49. The molecule has 1 atom stereocenters. The van der Waals surface area contributed by atoms with Crippen molar-refractivity contribution in [2.75, 3.05) is 7.05 Å². The second-order valence-electron chi connectivity index (χ2n) is 3.95. The third-order valence-electron chi connectivity index (χ3n) is 2.49. The Bertz CT molecular complexity index is 314. The standard InChI is InChI=1S/C9H14F3N3O/c1-8(4-3-5-9(10,11)12)6(16)14-7(13-2)15-8/h3-5H2,1-2H3,(H2,13,14,15,16). The van der Waals surface area contributed by atoms with Crippen LogP contribution in [-0.2, 0) is 4.79 Å². The lowest BCUT2D eigenvalue weighted by Gasteiger charge is -2.21. The summed E-state index contributed by atoms with van der Waals surface area (Å²) in [5, 5.41) is 5.24. The molecule has 0 bridgehead atoms. The molecule has 0 aromatic carbocycles. The van der Waals surface area contributed by atoms with E-state index in [2.05, 4.69) is 15.6 Å². The van der Waals surface area contributed by atoms with Crippen molar-refractivity contribution in [3.05, 3.63) is 0 Å². The smallest absolute Gasteiger partial charge is 0.342 e. The first-order valence-corrected chi connectivity index (χ1v) is 4.90. The van der Waals surface area contributed by atoms with Gasteiger partial charge in [-0.3, -0.25) is 15.1 Å². The Hall–Kier alpha value is -1.27. The fourth-order valence-electron chi connectivity index (χ4n) is 1.53. The van der Waals surface area contributed by atoms with Gasteiger partial charge in [-0.1, -0.05) is 0 Å². The minimum absolute atomic E-state index is 0.0859. The summed E-state index contributed by atoms with van der Waals surface area (Å²) in [7, 11) is 1.49. The van der Waals surface area contributed by atoms with Crippen LogP contribution < -0.4 is 10.6 Å². The largest absolute Gasteiger partial charge is 0.389 e. The predicted octanol–water partition coefficient (Wildman–Crippen LogP) is 1.18. The number of nitrogens with zero attached hydrogens (tertiary/aromatic N) is 1. The van der Waals surface area contributed by atoms with Gasteiger partial charge in [0.15, 0.2) is 5.96 Å². The first-order chi connectivity index (χ1) is 7.27. The minimum atomic E-state index is -4.17. The minimum Gasteiger partial charge on any atom is -0.342 e. The molecule has 16 heavy (non-hydrogen) atoms. The number of alkyl halides is 3. The Morgan fingerprint density at radius 2 is 2.06 bits per heavy atom. The summed E-state index contributed by atoms with van der Waals surface area (Å²) in [4.78, 5) is 15.2. The van der Waals surface area contributed by atoms with E-state index < -0.39 is 18.1 Å². The number of aliphatic imine (C=N–C) groups is 1. The maximum Gasteiger partial charge on any atom is 0.389 e. The van der Waals surface area contributed by atoms with Gasteiger partial charge in [-0.2, -0.15) is 13.2 Å². The van der Waals surface area contributed by atoms with Crippen molar-refractivity contribution in [3.8, 4) is 0 Å². The molecular formula is C9H14F3N3O. The van der Waals surface area contributed by atoms with Crippen LogP contribution in [0, 0.1) is 0 Å². The topological polar surface area (TPSA) is 53.5 Å². The Morgan fingerprint density at radius 1 is 1.44 bits per heavy atom. The van der Waals surface area contributed by atoms with E-state index in [1.54, 1.807) is 6.92 Å². The maximum absolute atomic E-state index is 11.9. The molecule has 1 heterocycles. The zero-order valence-corrected chi connectivity index (χ0v) is 9.11. The SMILES string of the molecule is CN=C1NC(=O)C(C)(CCCC(F)(F)F)N1. The average molecular weight is 237 g/mol. The van der Waals surface area contributed by atoms with Crippen LogP contribution in [0.4, 0.5) is 13.2 Å². The fourth-order valence-corrected chi connectivity index (χ4v) is 1.53. The summed E-state index contributed by atoms with van der Waals surface area (Å²) in [6, 6.07) is 0. The zero-order valence-electron chi connectivity index (χ0n) is 9.11. The molecule has 1 unspecified atom stereocenters. The number of guanidine groups is 1. The molecule has 0 aromatic heterocycles. The highest BCUT2D eigenvalue weighted by Gasteiger charge is 2.40. The van der Waals surface area contributed by atoms with Crippen LogP contribution in [0.3, 0.4) is 0 Å². The van der Waals surface area contributed by atoms with Crippen molar-refractivity contribution < 1.29 is 18.0 Å². The molecule has 0 saturated carbocycles. The van der Waals surface area contributed by atoms with Crippen molar-refractivity contribution in [2.45, 2.75) is 37.9 Å². The van der Waals surface area contributed by atoms with Crippen molar-refractivity contribution in [3.63, 3.8) is 0 Å². The Balaban J connectivity index is 2.50. The molecule has 4 nitrogen and oxygen atoms in total. The molecule has 0 spiro atoms. The molecule has 92 valence electrons. The monoisotopic (exact) mass is 237 g/mol. The lowest BCUT2D eigenvalue weighted by Crippen LogP contribution is -2.43. The van der Waals surface area contributed by atoms with Gasteiger partial charge in [-0.05, 0) is 19.8 Å². The quantitative estimate of drug-likeness (QED) is 0.774. The van der Waals surface area contributed by atoms with Crippen LogP contribution in [0.25, 0.3) is 0 Å². The third kappa shape index (κ3) is 3.11. The van der Waals surface area contributed by atoms with Crippen LogP contribution in [0.15, 0.2) is 4.99 Å². The lowest BCUT2D eigenvalue weighted by atomic mass is 9.95. The van der Waals surface area contributed by atoms with Gasteiger partial charge in [0.1, 0.15) is 5.54 Å². The highest BCUT2D eigenvalue weighted by molar-refractivity contribution is 6.08. The van der Waals surface area contributed by atoms with Crippen LogP contribution in [0.2, 0.25) is 0 Å². The van der Waals surface area contributed by atoms with Crippen molar-refractivity contribution >= 4 is 11.9 Å². The first-order valence-electron chi connectivity index (χ1n) is 4.90. The van der Waals surface area contributed by atoms with E-state index >= 15 is 0 Å². The molecule has 0 aromatic rings. The van der Waals surface area contributed by atoms with E-state index in [1.807, 2.05) is 0 Å². The van der Waals surface area contributed by atoms with Crippen LogP contribution >= 0.6 is 0 Å². The van der Waals surface area contributed by atoms with E-state index in [4.69, 9.17) is 0 Å². The highest BCUT2D eigenvalue weighted by atomic mass is 19.4. The Kier molecular flexibility index (Phi) is 3.44. The summed E-state index contributed by atoms with van der Waals surface area (Å²) in [6.07, 6.45) is -5.02. The van der Waals surface area contributed by atoms with Gasteiger partial charge in [0.2, 0.25) is 0 Å². The number of rotatable bonds is 3. The number of hydrogen-bond acceptors (Lipinski definition) is 2. The average Bonchev–Trinajstić information content (AvgIpc) is 2.41. The van der Waals surface area contributed by atoms with Gasteiger partial charge in [0.25, 0.3) is 5.91 Å². The van der Waals surface area contributed by atoms with Gasteiger partial charge < -0.3 is 5.32 Å². The number of halogens is 3. The molecule has 1 aliphatic rings. The van der Waals surface area contributed by atoms with Crippen LogP contribution in [-0.4, -0.2) is 30.6 Å². The highest BCUT2D eigenvalue weighted by Crippen LogP contribution is 2.25. The molecule has 1 saturated heterocycles. The molecule has 1 rings (SSSR count). The summed E-state index contributed by atoms with van der Waals surface area (Å²) in [5.41, 5.74) is -0.986. The van der Waals surface area contributed by atoms with Crippen LogP contribution in [0.1, 0.15) is 26.2 Å². The second-order valence-corrected chi connectivity index (χ2v) is 3.95. The summed E-state index contributed by atoms with van der Waals surface area (Å²) in [6.45, 7) is 1.57. The number of carbonyl (C=O) groups excluding carboxylic acids is 1. The fraction of sp³-hybridized carbons (Fsp3) is 0.778. The van der Waals surface area contributed by atoms with E-state index in [0.717, 1.165) is 0 Å². The Labute approximate surface area is 91.3 Å². The molecular weight excluding hydrogens is 223 g/mol.